The van der Waals surface area contributed by atoms with Crippen molar-refractivity contribution >= 4 is 27.8 Å². The van der Waals surface area contributed by atoms with Crippen molar-refractivity contribution in [2.45, 2.75) is 19.9 Å². The number of oxazole rings is 1. The van der Waals surface area contributed by atoms with Crippen LogP contribution < -0.4 is 0 Å². The first kappa shape index (κ1) is 17.2. The molecule has 0 aliphatic heterocycles. The normalized spacial score (nSPS) is 14.0. The fraction of sp³-hybridized carbons (Fsp3) is 0.312. The van der Waals surface area contributed by atoms with E-state index >= 15 is 0 Å². The molecule has 0 aliphatic carbocycles. The predicted octanol–water partition coefficient (Wildman–Crippen LogP) is 1.78. The Bertz CT molecular complexity index is 949. The summed E-state index contributed by atoms with van der Waals surface area (Å²) in [5, 5.41) is 13.5. The number of rotatable bonds is 7. The molecule has 0 saturated heterocycles. The maximum absolute atomic E-state index is 11.4. The minimum atomic E-state index is -2.78. The zero-order chi connectivity index (χ0) is 18.0. The van der Waals surface area contributed by atoms with Gasteiger partial charge in [0.05, 0.1) is 22.9 Å². The minimum absolute atomic E-state index is 0.139. The summed E-state index contributed by atoms with van der Waals surface area (Å²) >= 11 is 0. The Hall–Kier alpha value is -2.68. The molecule has 0 amide bonds. The second kappa shape index (κ2) is 6.67. The van der Waals surface area contributed by atoms with Crippen molar-refractivity contribution in [2.75, 3.05) is 5.75 Å². The Balaban J connectivity index is 1.76. The number of aryl methyl sites for hydroxylation is 1. The summed E-state index contributed by atoms with van der Waals surface area (Å²) in [6.45, 7) is 1.69. The first-order valence-corrected chi connectivity index (χ1v) is 8.97. The number of thiol groups is 1. The molecule has 1 aromatic carbocycles. The van der Waals surface area contributed by atoms with Crippen molar-refractivity contribution < 1.29 is 22.7 Å². The zero-order valence-corrected chi connectivity index (χ0v) is 14.3. The van der Waals surface area contributed by atoms with Crippen molar-refractivity contribution in [3.63, 3.8) is 0 Å². The highest BCUT2D eigenvalue weighted by Crippen LogP contribution is 2.25. The van der Waals surface area contributed by atoms with E-state index in [2.05, 4.69) is 10.1 Å². The molecule has 0 fully saturated rings. The van der Waals surface area contributed by atoms with Crippen LogP contribution in [0.3, 0.4) is 0 Å². The summed E-state index contributed by atoms with van der Waals surface area (Å²) in [4.78, 5) is 15.8. The molecule has 0 radical (unpaired) electrons. The van der Waals surface area contributed by atoms with Crippen molar-refractivity contribution in [2.24, 2.45) is 5.41 Å². The van der Waals surface area contributed by atoms with Crippen LogP contribution in [-0.2, 0) is 22.0 Å². The lowest BCUT2D eigenvalue weighted by Crippen LogP contribution is -2.33. The Morgan fingerprint density at radius 1 is 1.36 bits per heavy atom. The Labute approximate surface area is 145 Å². The molecule has 132 valence electrons. The fourth-order valence-electron chi connectivity index (χ4n) is 2.49. The van der Waals surface area contributed by atoms with Crippen LogP contribution in [-0.4, -0.2) is 40.0 Å². The van der Waals surface area contributed by atoms with Gasteiger partial charge in [-0.1, -0.05) is 12.1 Å². The third-order valence-electron chi connectivity index (χ3n) is 4.06. The first-order valence-electron chi connectivity index (χ1n) is 7.61. The van der Waals surface area contributed by atoms with E-state index in [1.807, 2.05) is 24.3 Å². The number of hydrogen-bond donors (Lipinski definition) is 2. The van der Waals surface area contributed by atoms with Crippen molar-refractivity contribution in [1.29, 1.82) is 0 Å². The lowest BCUT2D eigenvalue weighted by atomic mass is 9.89. The van der Waals surface area contributed by atoms with Crippen molar-refractivity contribution in [3.8, 4) is 11.5 Å². The third kappa shape index (κ3) is 3.71. The molecule has 0 saturated carbocycles. The van der Waals surface area contributed by atoms with E-state index in [4.69, 9.17) is 4.42 Å². The predicted molar refractivity (Wildman–Crippen MR) is 90.8 cm³/mol. The SMILES string of the molecule is C[C@](CCn1cc(-c2nc3ccccc3o2)cn1)(C[SH](=O)=O)C(=O)O. The Morgan fingerprint density at radius 3 is 2.80 bits per heavy atom. The Kier molecular flexibility index (Phi) is 4.58. The smallest absolute Gasteiger partial charge is 0.310 e. The van der Waals surface area contributed by atoms with Gasteiger partial charge in [0, 0.05) is 12.7 Å². The summed E-state index contributed by atoms with van der Waals surface area (Å²) < 4.78 is 29.1. The van der Waals surface area contributed by atoms with E-state index < -0.39 is 27.8 Å². The van der Waals surface area contributed by atoms with Crippen LogP contribution in [0.1, 0.15) is 13.3 Å². The number of benzene rings is 1. The average molecular weight is 363 g/mol. The molecule has 1 N–H and O–H groups in total. The van der Waals surface area contributed by atoms with Gasteiger partial charge in [-0.15, -0.1) is 0 Å². The van der Waals surface area contributed by atoms with Gasteiger partial charge in [-0.2, -0.15) is 5.10 Å². The summed E-state index contributed by atoms with van der Waals surface area (Å²) in [7, 11) is -2.78. The maximum Gasteiger partial charge on any atom is 0.310 e. The second-order valence-electron chi connectivity index (χ2n) is 6.09. The van der Waals surface area contributed by atoms with Crippen LogP contribution in [0.4, 0.5) is 0 Å². The van der Waals surface area contributed by atoms with Crippen LogP contribution in [0, 0.1) is 5.41 Å². The molecule has 9 heteroatoms. The Morgan fingerprint density at radius 2 is 2.12 bits per heavy atom. The van der Waals surface area contributed by atoms with Crippen LogP contribution >= 0.6 is 0 Å². The van der Waals surface area contributed by atoms with Crippen LogP contribution in [0.5, 0.6) is 0 Å². The molecular formula is C16H17N3O5S. The van der Waals surface area contributed by atoms with Gasteiger partial charge < -0.3 is 9.52 Å². The number of carboxylic acids is 1. The molecule has 25 heavy (non-hydrogen) atoms. The summed E-state index contributed by atoms with van der Waals surface area (Å²) in [6.07, 6.45) is 3.42. The van der Waals surface area contributed by atoms with E-state index in [0.717, 1.165) is 5.52 Å². The maximum atomic E-state index is 11.4. The molecule has 0 unspecified atom stereocenters. The quantitative estimate of drug-likeness (QED) is 0.615. The van der Waals surface area contributed by atoms with Crippen LogP contribution in [0.15, 0.2) is 41.1 Å². The summed E-state index contributed by atoms with van der Waals surface area (Å²) in [5.74, 6) is -1.12. The lowest BCUT2D eigenvalue weighted by molar-refractivity contribution is -0.147. The molecular weight excluding hydrogens is 346 g/mol. The summed E-state index contributed by atoms with van der Waals surface area (Å²) in [6, 6.07) is 7.38. The van der Waals surface area contributed by atoms with Crippen molar-refractivity contribution in [3.05, 3.63) is 36.7 Å². The minimum Gasteiger partial charge on any atom is -0.481 e. The number of para-hydroxylation sites is 2. The van der Waals surface area contributed by atoms with Gasteiger partial charge in [0.2, 0.25) is 5.89 Å². The van der Waals surface area contributed by atoms with Gasteiger partial charge in [-0.3, -0.25) is 9.48 Å². The van der Waals surface area contributed by atoms with Gasteiger partial charge in [0.15, 0.2) is 5.58 Å². The number of fused-ring (bicyclic) bond motifs is 1. The molecule has 8 nitrogen and oxygen atoms in total. The van der Waals surface area contributed by atoms with Gasteiger partial charge in [0.25, 0.3) is 0 Å². The molecule has 3 aromatic rings. The number of aliphatic carboxylic acids is 1. The van der Waals surface area contributed by atoms with Gasteiger partial charge in [-0.25, -0.2) is 13.4 Å². The molecule has 0 aliphatic rings. The third-order valence-corrected chi connectivity index (χ3v) is 5.02. The molecule has 2 heterocycles. The second-order valence-corrected chi connectivity index (χ2v) is 7.07. The largest absolute Gasteiger partial charge is 0.481 e. The van der Waals surface area contributed by atoms with Crippen molar-refractivity contribution in [1.82, 2.24) is 14.8 Å². The van der Waals surface area contributed by atoms with E-state index in [1.165, 1.54) is 6.92 Å². The topological polar surface area (TPSA) is 115 Å². The van der Waals surface area contributed by atoms with Gasteiger partial charge >= 0.3 is 5.97 Å². The van der Waals surface area contributed by atoms with E-state index in [0.29, 0.717) is 17.0 Å². The molecule has 0 bridgehead atoms. The standard InChI is InChI=1S/C16H17N3O5S/c1-16(15(20)21,10-25(22)23)6-7-19-9-11(8-17-19)14-18-12-4-2-3-5-13(12)24-14/h2-5,8-9,25H,6-7,10H2,1H3,(H,20,21)/t16-/m0/s1. The number of carbonyl (C=O) groups is 1. The first-order chi connectivity index (χ1) is 11.9. The highest BCUT2D eigenvalue weighted by Gasteiger charge is 2.34. The fourth-order valence-corrected chi connectivity index (χ4v) is 3.36. The van der Waals surface area contributed by atoms with Gasteiger partial charge in [0.1, 0.15) is 16.2 Å². The number of hydrogen-bond acceptors (Lipinski definition) is 6. The molecule has 2 aromatic heterocycles. The molecule has 0 spiro atoms. The van der Waals surface area contributed by atoms with E-state index in [1.54, 1.807) is 17.1 Å². The number of nitrogens with zero attached hydrogens (tertiary/aromatic N) is 3. The highest BCUT2D eigenvalue weighted by molar-refractivity contribution is 7.72. The molecule has 1 atom stereocenters. The lowest BCUT2D eigenvalue weighted by Gasteiger charge is -2.21. The monoisotopic (exact) mass is 363 g/mol. The average Bonchev–Trinajstić information content (AvgIpc) is 3.18. The molecule has 3 rings (SSSR count). The highest BCUT2D eigenvalue weighted by atomic mass is 32.2. The van der Waals surface area contributed by atoms with Gasteiger partial charge in [-0.05, 0) is 25.5 Å². The number of carboxylic acid groups (broad SMARTS) is 1. The van der Waals surface area contributed by atoms with Crippen LogP contribution in [0.25, 0.3) is 22.6 Å². The van der Waals surface area contributed by atoms with E-state index in [9.17, 15) is 18.3 Å². The number of aromatic nitrogens is 3. The van der Waals surface area contributed by atoms with E-state index in [-0.39, 0.29) is 13.0 Å². The zero-order valence-electron chi connectivity index (χ0n) is 13.5. The summed E-state index contributed by atoms with van der Waals surface area (Å²) in [5.41, 5.74) is 0.730. The van der Waals surface area contributed by atoms with Crippen LogP contribution in [0.2, 0.25) is 0 Å².